The van der Waals surface area contributed by atoms with Gasteiger partial charge < -0.3 is 25.6 Å². The van der Waals surface area contributed by atoms with Crippen LogP contribution in [-0.4, -0.2) is 64.0 Å². The number of nitrogens with one attached hydrogen (secondary N) is 3. The molecule has 0 aliphatic carbocycles. The van der Waals surface area contributed by atoms with E-state index in [1.807, 2.05) is 87.8 Å². The average molecular weight is 662 g/mol. The van der Waals surface area contributed by atoms with E-state index in [0.29, 0.717) is 25.9 Å². The fourth-order valence-electron chi connectivity index (χ4n) is 5.53. The van der Waals surface area contributed by atoms with Crippen molar-refractivity contribution >= 4 is 35.2 Å². The van der Waals surface area contributed by atoms with E-state index in [0.717, 1.165) is 27.3 Å². The molecule has 3 aromatic rings. The van der Waals surface area contributed by atoms with Crippen molar-refractivity contribution in [3.05, 3.63) is 76.9 Å². The van der Waals surface area contributed by atoms with Gasteiger partial charge in [-0.25, -0.2) is 9.78 Å². The number of carbonyl (C=O) groups excluding carboxylic acids is 4. The number of benzene rings is 2. The summed E-state index contributed by atoms with van der Waals surface area (Å²) in [6.45, 7) is 13.6. The third kappa shape index (κ3) is 9.87. The smallest absolute Gasteiger partial charge is 0.408 e. The number of ether oxygens (including phenoxy) is 1. The third-order valence-corrected chi connectivity index (χ3v) is 8.93. The largest absolute Gasteiger partial charge is 0.444 e. The molecule has 1 unspecified atom stereocenters. The molecule has 0 radical (unpaired) electrons. The summed E-state index contributed by atoms with van der Waals surface area (Å²) in [6, 6.07) is 14.7. The van der Waals surface area contributed by atoms with E-state index in [1.165, 1.54) is 0 Å². The normalized spacial score (nSPS) is 16.2. The van der Waals surface area contributed by atoms with E-state index in [1.54, 1.807) is 37.0 Å². The lowest BCUT2D eigenvalue weighted by molar-refractivity contribution is -0.144. The minimum Gasteiger partial charge on any atom is -0.444 e. The topological polar surface area (TPSA) is 130 Å². The Morgan fingerprint density at radius 1 is 0.957 bits per heavy atom. The van der Waals surface area contributed by atoms with Crippen LogP contribution in [0.4, 0.5) is 4.79 Å². The summed E-state index contributed by atoms with van der Waals surface area (Å²) in [5.41, 5.74) is 4.24. The fraction of sp³-hybridized carbons (Fsp3) is 0.472. The quantitative estimate of drug-likeness (QED) is 0.267. The van der Waals surface area contributed by atoms with Crippen molar-refractivity contribution in [1.29, 1.82) is 0 Å². The molecule has 47 heavy (non-hydrogen) atoms. The van der Waals surface area contributed by atoms with Crippen LogP contribution in [0.1, 0.15) is 71.2 Å². The van der Waals surface area contributed by atoms with Crippen LogP contribution in [0.3, 0.4) is 0 Å². The molecule has 1 aromatic heterocycles. The Balaban J connectivity index is 1.44. The highest BCUT2D eigenvalue weighted by molar-refractivity contribution is 7.13. The van der Waals surface area contributed by atoms with Gasteiger partial charge in [-0.3, -0.25) is 14.4 Å². The van der Waals surface area contributed by atoms with Crippen LogP contribution in [0.5, 0.6) is 0 Å². The fourth-order valence-corrected chi connectivity index (χ4v) is 6.34. The second-order valence-electron chi connectivity index (χ2n) is 14.1. The van der Waals surface area contributed by atoms with Crippen LogP contribution < -0.4 is 16.0 Å². The lowest BCUT2D eigenvalue weighted by atomic mass is 9.85. The number of nitrogens with zero attached hydrogens (tertiary/aromatic N) is 2. The Morgan fingerprint density at radius 3 is 2.23 bits per heavy atom. The first kappa shape index (κ1) is 35.6. The van der Waals surface area contributed by atoms with Gasteiger partial charge in [0.25, 0.3) is 0 Å². The van der Waals surface area contributed by atoms with Crippen LogP contribution in [-0.2, 0) is 32.1 Å². The first-order valence-corrected chi connectivity index (χ1v) is 16.9. The van der Waals surface area contributed by atoms with Crippen LogP contribution in [0.25, 0.3) is 10.4 Å². The van der Waals surface area contributed by atoms with Crippen molar-refractivity contribution in [2.75, 3.05) is 6.54 Å². The van der Waals surface area contributed by atoms with Crippen molar-refractivity contribution in [1.82, 2.24) is 25.8 Å². The summed E-state index contributed by atoms with van der Waals surface area (Å²) < 4.78 is 5.43. The number of carbonyl (C=O) groups is 4. The Bertz CT molecular complexity index is 1540. The predicted molar refractivity (Wildman–Crippen MR) is 184 cm³/mol. The molecule has 1 saturated heterocycles. The molecule has 252 valence electrons. The molecular weight excluding hydrogens is 614 g/mol. The van der Waals surface area contributed by atoms with E-state index >= 15 is 0 Å². The molecule has 0 bridgehead atoms. The second-order valence-corrected chi connectivity index (χ2v) is 14.9. The molecule has 1 aliphatic heterocycles. The number of likely N-dealkylation sites (tertiary alicyclic amines) is 1. The first-order chi connectivity index (χ1) is 22.1. The number of aromatic nitrogens is 1. The molecule has 1 fully saturated rings. The maximum absolute atomic E-state index is 14.1. The van der Waals surface area contributed by atoms with Crippen molar-refractivity contribution in [2.24, 2.45) is 5.41 Å². The van der Waals surface area contributed by atoms with Crippen molar-refractivity contribution in [3.63, 3.8) is 0 Å². The van der Waals surface area contributed by atoms with Crippen LogP contribution in [0.2, 0.25) is 0 Å². The molecule has 11 heteroatoms. The zero-order valence-corrected chi connectivity index (χ0v) is 29.2. The monoisotopic (exact) mass is 661 g/mol. The van der Waals surface area contributed by atoms with E-state index in [4.69, 9.17) is 4.74 Å². The van der Waals surface area contributed by atoms with Gasteiger partial charge in [-0.1, -0.05) is 75.4 Å². The molecule has 1 aliphatic rings. The van der Waals surface area contributed by atoms with Crippen LogP contribution >= 0.6 is 11.3 Å². The number of hydrogen-bond acceptors (Lipinski definition) is 7. The maximum Gasteiger partial charge on any atom is 0.408 e. The third-order valence-electron chi connectivity index (χ3n) is 7.96. The number of rotatable bonds is 10. The van der Waals surface area contributed by atoms with E-state index in [-0.39, 0.29) is 18.2 Å². The Labute approximate surface area is 281 Å². The lowest BCUT2D eigenvalue weighted by Gasteiger charge is -2.36. The maximum atomic E-state index is 14.1. The van der Waals surface area contributed by atoms with Gasteiger partial charge in [-0.05, 0) is 62.6 Å². The molecular formula is C36H47N5O5S. The van der Waals surface area contributed by atoms with Gasteiger partial charge in [-0.15, -0.1) is 11.3 Å². The summed E-state index contributed by atoms with van der Waals surface area (Å²) in [4.78, 5) is 61.0. The molecule has 3 N–H and O–H groups in total. The Kier molecular flexibility index (Phi) is 11.4. The SMILES string of the molecule is Cc1ncsc1-c1ccc(CNC(=O)[C@@H]2CCCN2C(=O)C(NC(=O)[C@H](Cc2ccccc2)NC(=O)OC(C)(C)C)C(C)(C)C)cc1. The Morgan fingerprint density at radius 2 is 1.64 bits per heavy atom. The molecule has 2 heterocycles. The summed E-state index contributed by atoms with van der Waals surface area (Å²) in [5, 5.41) is 8.62. The number of thiazole rings is 1. The second kappa shape index (κ2) is 15.1. The minimum atomic E-state index is -0.992. The van der Waals surface area contributed by atoms with E-state index < -0.39 is 41.1 Å². The molecule has 4 rings (SSSR count). The molecule has 10 nitrogen and oxygen atoms in total. The zero-order valence-electron chi connectivity index (χ0n) is 28.4. The van der Waals surface area contributed by atoms with Crippen molar-refractivity contribution in [2.45, 2.75) is 98.0 Å². The minimum absolute atomic E-state index is 0.205. The van der Waals surface area contributed by atoms with Crippen LogP contribution in [0.15, 0.2) is 60.1 Å². The zero-order chi connectivity index (χ0) is 34.4. The van der Waals surface area contributed by atoms with Gasteiger partial charge in [0, 0.05) is 19.5 Å². The van der Waals surface area contributed by atoms with Gasteiger partial charge in [0.2, 0.25) is 17.7 Å². The van der Waals surface area contributed by atoms with Crippen molar-refractivity contribution in [3.8, 4) is 10.4 Å². The molecule has 2 aromatic carbocycles. The standard InChI is InChI=1S/C36H47N5O5S/c1-23-29(47-22-38-23)26-17-15-25(16-18-26)21-37-32(43)28-14-11-19-41(28)33(44)30(35(2,3)4)40-31(42)27(20-24-12-9-8-10-13-24)39-34(45)46-36(5,6)7/h8-10,12-13,15-18,22,27-28,30H,11,14,19-21H2,1-7H3,(H,37,43)(H,39,45)(H,40,42)/t27-,28-,30?/m0/s1. The average Bonchev–Trinajstić information content (AvgIpc) is 3.67. The van der Waals surface area contributed by atoms with Gasteiger partial charge in [0.05, 0.1) is 16.1 Å². The van der Waals surface area contributed by atoms with E-state index in [9.17, 15) is 19.2 Å². The highest BCUT2D eigenvalue weighted by Gasteiger charge is 2.42. The molecule has 0 saturated carbocycles. The van der Waals surface area contributed by atoms with E-state index in [2.05, 4.69) is 20.9 Å². The number of aryl methyl sites for hydroxylation is 1. The van der Waals surface area contributed by atoms with Gasteiger partial charge in [-0.2, -0.15) is 0 Å². The highest BCUT2D eigenvalue weighted by Crippen LogP contribution is 2.28. The number of alkyl carbamates (subject to hydrolysis) is 1. The van der Waals surface area contributed by atoms with Crippen LogP contribution in [0, 0.1) is 12.3 Å². The van der Waals surface area contributed by atoms with Crippen molar-refractivity contribution < 1.29 is 23.9 Å². The van der Waals surface area contributed by atoms with Gasteiger partial charge in [0.15, 0.2) is 0 Å². The van der Waals surface area contributed by atoms with Gasteiger partial charge in [0.1, 0.15) is 23.7 Å². The molecule has 3 atom stereocenters. The first-order valence-electron chi connectivity index (χ1n) is 16.0. The molecule has 4 amide bonds. The summed E-state index contributed by atoms with van der Waals surface area (Å²) in [7, 11) is 0. The number of hydrogen-bond donors (Lipinski definition) is 3. The highest BCUT2D eigenvalue weighted by atomic mass is 32.1. The lowest BCUT2D eigenvalue weighted by Crippen LogP contribution is -2.60. The predicted octanol–water partition coefficient (Wildman–Crippen LogP) is 5.39. The number of amides is 4. The summed E-state index contributed by atoms with van der Waals surface area (Å²) in [6.07, 6.45) is 0.685. The van der Waals surface area contributed by atoms with Gasteiger partial charge >= 0.3 is 6.09 Å². The summed E-state index contributed by atoms with van der Waals surface area (Å²) in [5.74, 6) is -1.07. The molecule has 0 spiro atoms. The summed E-state index contributed by atoms with van der Waals surface area (Å²) >= 11 is 1.59. The Hall–Kier alpha value is -4.25.